The molecule has 1 aromatic rings. The molecule has 21 heavy (non-hydrogen) atoms. The summed E-state index contributed by atoms with van der Waals surface area (Å²) in [6.07, 6.45) is 2.36. The summed E-state index contributed by atoms with van der Waals surface area (Å²) < 4.78 is 0. The first-order valence-electron chi connectivity index (χ1n) is 7.93. The first kappa shape index (κ1) is 16.0. The number of hydrogen-bond donors (Lipinski definition) is 1. The standard InChI is InChI=1S/C18H27N3/c1-14(2)15(3)21(4)13-18(12-19,20-17-10-11-17)16-8-6-5-7-9-16/h5-9,14-15,17,20H,10-11,13H2,1-4H3. The van der Waals surface area contributed by atoms with Crippen LogP contribution in [0.15, 0.2) is 30.3 Å². The molecular formula is C18H27N3. The highest BCUT2D eigenvalue weighted by Gasteiger charge is 2.39. The third kappa shape index (κ3) is 3.84. The topological polar surface area (TPSA) is 39.1 Å². The van der Waals surface area contributed by atoms with Gasteiger partial charge < -0.3 is 4.90 Å². The van der Waals surface area contributed by atoms with Gasteiger partial charge in [-0.2, -0.15) is 5.26 Å². The van der Waals surface area contributed by atoms with Gasteiger partial charge in [-0.25, -0.2) is 0 Å². The highest BCUT2D eigenvalue weighted by atomic mass is 15.2. The van der Waals surface area contributed by atoms with Gasteiger partial charge in [-0.15, -0.1) is 0 Å². The van der Waals surface area contributed by atoms with Crippen LogP contribution in [-0.4, -0.2) is 30.6 Å². The van der Waals surface area contributed by atoms with E-state index >= 15 is 0 Å². The summed E-state index contributed by atoms with van der Waals surface area (Å²) in [5, 5.41) is 13.5. The van der Waals surface area contributed by atoms with E-state index in [1.54, 1.807) is 0 Å². The first-order chi connectivity index (χ1) is 9.98. The lowest BCUT2D eigenvalue weighted by atomic mass is 9.89. The Labute approximate surface area is 129 Å². The Hall–Kier alpha value is -1.37. The third-order valence-corrected chi connectivity index (χ3v) is 4.63. The number of nitrogens with one attached hydrogen (secondary N) is 1. The molecule has 2 rings (SSSR count). The lowest BCUT2D eigenvalue weighted by Crippen LogP contribution is -2.52. The van der Waals surface area contributed by atoms with Crippen molar-refractivity contribution in [3.63, 3.8) is 0 Å². The fraction of sp³-hybridized carbons (Fsp3) is 0.611. The molecule has 0 aliphatic heterocycles. The van der Waals surface area contributed by atoms with Crippen LogP contribution in [0, 0.1) is 17.2 Å². The minimum atomic E-state index is -0.611. The van der Waals surface area contributed by atoms with Crippen molar-refractivity contribution in [2.45, 2.75) is 51.2 Å². The zero-order chi connectivity index (χ0) is 15.5. The van der Waals surface area contributed by atoms with Crippen LogP contribution in [0.3, 0.4) is 0 Å². The van der Waals surface area contributed by atoms with Crippen LogP contribution >= 0.6 is 0 Å². The van der Waals surface area contributed by atoms with Crippen molar-refractivity contribution in [3.8, 4) is 6.07 Å². The van der Waals surface area contributed by atoms with Crippen molar-refractivity contribution in [2.24, 2.45) is 5.92 Å². The van der Waals surface area contributed by atoms with Crippen LogP contribution in [-0.2, 0) is 5.54 Å². The van der Waals surface area contributed by atoms with Gasteiger partial charge in [-0.3, -0.25) is 5.32 Å². The van der Waals surface area contributed by atoms with Crippen molar-refractivity contribution in [2.75, 3.05) is 13.6 Å². The predicted molar refractivity (Wildman–Crippen MR) is 86.8 cm³/mol. The summed E-state index contributed by atoms with van der Waals surface area (Å²) in [4.78, 5) is 2.30. The largest absolute Gasteiger partial charge is 0.300 e. The Morgan fingerprint density at radius 2 is 1.90 bits per heavy atom. The van der Waals surface area contributed by atoms with Gasteiger partial charge in [0.1, 0.15) is 5.54 Å². The minimum Gasteiger partial charge on any atom is -0.300 e. The predicted octanol–water partition coefficient (Wildman–Crippen LogP) is 3.13. The second-order valence-electron chi connectivity index (χ2n) is 6.70. The average Bonchev–Trinajstić information content (AvgIpc) is 3.30. The van der Waals surface area contributed by atoms with Crippen molar-refractivity contribution in [1.82, 2.24) is 10.2 Å². The van der Waals surface area contributed by atoms with Crippen LogP contribution < -0.4 is 5.32 Å². The molecule has 1 aliphatic carbocycles. The lowest BCUT2D eigenvalue weighted by Gasteiger charge is -2.37. The Bertz CT molecular complexity index is 487. The van der Waals surface area contributed by atoms with Gasteiger partial charge in [-0.1, -0.05) is 44.2 Å². The molecule has 0 bridgehead atoms. The van der Waals surface area contributed by atoms with E-state index in [1.165, 1.54) is 12.8 Å². The summed E-state index contributed by atoms with van der Waals surface area (Å²) in [6, 6.07) is 13.7. The maximum Gasteiger partial charge on any atom is 0.145 e. The smallest absolute Gasteiger partial charge is 0.145 e. The molecule has 0 aromatic heterocycles. The van der Waals surface area contributed by atoms with Gasteiger partial charge in [0.2, 0.25) is 0 Å². The van der Waals surface area contributed by atoms with Crippen LogP contribution in [0.5, 0.6) is 0 Å². The van der Waals surface area contributed by atoms with Crippen LogP contribution in [0.25, 0.3) is 0 Å². The highest BCUT2D eigenvalue weighted by Crippen LogP contribution is 2.30. The van der Waals surface area contributed by atoms with Crippen LogP contribution in [0.1, 0.15) is 39.2 Å². The fourth-order valence-electron chi connectivity index (χ4n) is 2.68. The van der Waals surface area contributed by atoms with Gasteiger partial charge in [-0.05, 0) is 38.3 Å². The molecule has 0 heterocycles. The van der Waals surface area contributed by atoms with Gasteiger partial charge in [0.05, 0.1) is 6.07 Å². The highest BCUT2D eigenvalue weighted by molar-refractivity contribution is 5.33. The van der Waals surface area contributed by atoms with Crippen LogP contribution in [0.4, 0.5) is 0 Å². The van der Waals surface area contributed by atoms with E-state index in [0.29, 0.717) is 24.5 Å². The minimum absolute atomic E-state index is 0.447. The van der Waals surface area contributed by atoms with Gasteiger partial charge >= 0.3 is 0 Å². The molecule has 114 valence electrons. The summed E-state index contributed by atoms with van der Waals surface area (Å²) in [5.74, 6) is 0.572. The molecule has 1 saturated carbocycles. The molecule has 3 heteroatoms. The van der Waals surface area contributed by atoms with Crippen molar-refractivity contribution in [3.05, 3.63) is 35.9 Å². The van der Waals surface area contributed by atoms with E-state index in [1.807, 2.05) is 18.2 Å². The second-order valence-corrected chi connectivity index (χ2v) is 6.70. The normalized spacial score (nSPS) is 19.3. The summed E-state index contributed by atoms with van der Waals surface area (Å²) in [7, 11) is 2.12. The van der Waals surface area contributed by atoms with Gasteiger partial charge in [0.25, 0.3) is 0 Å². The molecule has 1 fully saturated rings. The molecular weight excluding hydrogens is 258 g/mol. The summed E-state index contributed by atoms with van der Waals surface area (Å²) in [5.41, 5.74) is 0.461. The van der Waals surface area contributed by atoms with Crippen molar-refractivity contribution in [1.29, 1.82) is 5.26 Å². The lowest BCUT2D eigenvalue weighted by molar-refractivity contribution is 0.165. The second kappa shape index (κ2) is 6.60. The van der Waals surface area contributed by atoms with Gasteiger partial charge in [0, 0.05) is 18.6 Å². The Morgan fingerprint density at radius 1 is 1.29 bits per heavy atom. The summed E-state index contributed by atoms with van der Waals surface area (Å²) >= 11 is 0. The quantitative estimate of drug-likeness (QED) is 0.836. The molecule has 0 spiro atoms. The number of benzene rings is 1. The Balaban J connectivity index is 2.25. The maximum atomic E-state index is 9.94. The molecule has 1 aromatic carbocycles. The molecule has 0 saturated heterocycles. The number of nitriles is 1. The molecule has 0 amide bonds. The van der Waals surface area contributed by atoms with Crippen molar-refractivity contribution >= 4 is 0 Å². The van der Waals surface area contributed by atoms with E-state index in [2.05, 4.69) is 56.2 Å². The zero-order valence-corrected chi connectivity index (χ0v) is 13.6. The van der Waals surface area contributed by atoms with E-state index in [-0.39, 0.29) is 0 Å². The third-order valence-electron chi connectivity index (χ3n) is 4.63. The van der Waals surface area contributed by atoms with Crippen LogP contribution in [0.2, 0.25) is 0 Å². The number of rotatable bonds is 7. The SMILES string of the molecule is CC(C)C(C)N(C)CC(C#N)(NC1CC1)c1ccccc1. The zero-order valence-electron chi connectivity index (χ0n) is 13.6. The molecule has 1 aliphatic rings. The Kier molecular flexibility index (Phi) is 5.03. The number of likely N-dealkylation sites (N-methyl/N-ethyl adjacent to an activating group) is 1. The summed E-state index contributed by atoms with van der Waals surface area (Å²) in [6.45, 7) is 7.40. The number of nitrogens with zero attached hydrogens (tertiary/aromatic N) is 2. The van der Waals surface area contributed by atoms with E-state index in [0.717, 1.165) is 5.56 Å². The molecule has 3 nitrogen and oxygen atoms in total. The van der Waals surface area contributed by atoms with E-state index < -0.39 is 5.54 Å². The number of hydrogen-bond acceptors (Lipinski definition) is 3. The monoisotopic (exact) mass is 285 g/mol. The van der Waals surface area contributed by atoms with Gasteiger partial charge in [0.15, 0.2) is 0 Å². The van der Waals surface area contributed by atoms with Crippen molar-refractivity contribution < 1.29 is 0 Å². The fourth-order valence-corrected chi connectivity index (χ4v) is 2.68. The Morgan fingerprint density at radius 3 is 2.38 bits per heavy atom. The molecule has 2 unspecified atom stereocenters. The average molecular weight is 285 g/mol. The molecule has 0 radical (unpaired) electrons. The maximum absolute atomic E-state index is 9.94. The van der Waals surface area contributed by atoms with E-state index in [4.69, 9.17) is 0 Å². The van der Waals surface area contributed by atoms with E-state index in [9.17, 15) is 5.26 Å². The first-order valence-corrected chi connectivity index (χ1v) is 7.93. The molecule has 1 N–H and O–H groups in total. The molecule has 2 atom stereocenters.